The molecule has 1 atom stereocenters. The summed E-state index contributed by atoms with van der Waals surface area (Å²) in [5, 5.41) is 3.38. The van der Waals surface area contributed by atoms with E-state index in [1.165, 1.54) is 16.7 Å². The van der Waals surface area contributed by atoms with Crippen LogP contribution in [0.15, 0.2) is 28.7 Å². The van der Waals surface area contributed by atoms with Gasteiger partial charge in [-0.2, -0.15) is 0 Å². The lowest BCUT2D eigenvalue weighted by molar-refractivity contribution is 0.406. The summed E-state index contributed by atoms with van der Waals surface area (Å²) in [6.45, 7) is 6.10. The van der Waals surface area contributed by atoms with Crippen molar-refractivity contribution in [3.8, 4) is 5.75 Å². The zero-order chi connectivity index (χ0) is 14.7. The molecule has 1 unspecified atom stereocenters. The molecule has 2 aromatic rings. The number of hydrogen-bond acceptors (Lipinski definition) is 3. The maximum atomic E-state index is 5.64. The van der Waals surface area contributed by atoms with E-state index in [0.717, 1.165) is 23.7 Å². The Morgan fingerprint density at radius 3 is 2.50 bits per heavy atom. The van der Waals surface area contributed by atoms with Crippen molar-refractivity contribution in [2.45, 2.75) is 33.2 Å². The number of benzene rings is 1. The van der Waals surface area contributed by atoms with Crippen LogP contribution in [0, 0.1) is 20.8 Å². The number of furan rings is 1. The van der Waals surface area contributed by atoms with E-state index >= 15 is 0 Å². The molecule has 0 radical (unpaired) electrons. The van der Waals surface area contributed by atoms with Gasteiger partial charge >= 0.3 is 0 Å². The predicted molar refractivity (Wildman–Crippen MR) is 81.4 cm³/mol. The van der Waals surface area contributed by atoms with E-state index in [9.17, 15) is 0 Å². The summed E-state index contributed by atoms with van der Waals surface area (Å²) in [6.07, 6.45) is 0.876. The number of nitrogens with one attached hydrogen (secondary N) is 1. The van der Waals surface area contributed by atoms with Gasteiger partial charge in [0.25, 0.3) is 0 Å². The predicted octanol–water partition coefficient (Wildman–Crippen LogP) is 3.72. The molecule has 1 aromatic heterocycles. The Hall–Kier alpha value is -1.74. The summed E-state index contributed by atoms with van der Waals surface area (Å²) < 4.78 is 11.1. The highest BCUT2D eigenvalue weighted by molar-refractivity contribution is 5.38. The largest absolute Gasteiger partial charge is 0.496 e. The topological polar surface area (TPSA) is 34.4 Å². The normalized spacial score (nSPS) is 12.4. The van der Waals surface area contributed by atoms with Crippen molar-refractivity contribution >= 4 is 0 Å². The van der Waals surface area contributed by atoms with Gasteiger partial charge in [0.1, 0.15) is 17.3 Å². The second-order valence-electron chi connectivity index (χ2n) is 5.23. The fraction of sp³-hybridized carbons (Fsp3) is 0.412. The SMILES string of the molecule is CNC(Cc1cc(C)ccc1OC)c1cc(C)oc1C. The fourth-order valence-electron chi connectivity index (χ4n) is 2.65. The van der Waals surface area contributed by atoms with Crippen molar-refractivity contribution in [3.63, 3.8) is 0 Å². The Morgan fingerprint density at radius 2 is 1.95 bits per heavy atom. The summed E-state index contributed by atoms with van der Waals surface area (Å²) in [4.78, 5) is 0. The molecule has 0 saturated carbocycles. The first-order valence-electron chi connectivity index (χ1n) is 6.93. The molecule has 2 rings (SSSR count). The minimum absolute atomic E-state index is 0.225. The maximum Gasteiger partial charge on any atom is 0.122 e. The van der Waals surface area contributed by atoms with E-state index in [1.807, 2.05) is 27.0 Å². The number of methoxy groups -OCH3 is 1. The van der Waals surface area contributed by atoms with E-state index in [0.29, 0.717) is 0 Å². The van der Waals surface area contributed by atoms with Gasteiger partial charge in [-0.15, -0.1) is 0 Å². The summed E-state index contributed by atoms with van der Waals surface area (Å²) in [7, 11) is 3.70. The summed E-state index contributed by atoms with van der Waals surface area (Å²) >= 11 is 0. The smallest absolute Gasteiger partial charge is 0.122 e. The molecule has 0 aliphatic rings. The van der Waals surface area contributed by atoms with Gasteiger partial charge in [0.2, 0.25) is 0 Å². The molecule has 0 saturated heterocycles. The Morgan fingerprint density at radius 1 is 1.20 bits per heavy atom. The molecule has 20 heavy (non-hydrogen) atoms. The monoisotopic (exact) mass is 273 g/mol. The molecule has 3 nitrogen and oxygen atoms in total. The maximum absolute atomic E-state index is 5.64. The van der Waals surface area contributed by atoms with Gasteiger partial charge in [0.05, 0.1) is 7.11 Å². The molecule has 1 N–H and O–H groups in total. The molecule has 0 amide bonds. The molecule has 0 fully saturated rings. The lowest BCUT2D eigenvalue weighted by Gasteiger charge is -2.18. The Labute approximate surface area is 121 Å². The van der Waals surface area contributed by atoms with Crippen molar-refractivity contribution < 1.29 is 9.15 Å². The van der Waals surface area contributed by atoms with Gasteiger partial charge in [-0.25, -0.2) is 0 Å². The zero-order valence-electron chi connectivity index (χ0n) is 12.9. The van der Waals surface area contributed by atoms with Crippen molar-refractivity contribution in [3.05, 3.63) is 52.5 Å². The molecular weight excluding hydrogens is 250 g/mol. The highest BCUT2D eigenvalue weighted by Gasteiger charge is 2.18. The van der Waals surface area contributed by atoms with Crippen LogP contribution in [0.5, 0.6) is 5.75 Å². The molecule has 0 aliphatic heterocycles. The lowest BCUT2D eigenvalue weighted by atomic mass is 9.97. The number of aryl methyl sites for hydroxylation is 3. The van der Waals surface area contributed by atoms with Gasteiger partial charge < -0.3 is 14.5 Å². The van der Waals surface area contributed by atoms with Crippen LogP contribution in [0.1, 0.15) is 34.3 Å². The van der Waals surface area contributed by atoms with E-state index in [1.54, 1.807) is 7.11 Å². The minimum Gasteiger partial charge on any atom is -0.496 e. The number of rotatable bonds is 5. The first-order valence-corrected chi connectivity index (χ1v) is 6.93. The second-order valence-corrected chi connectivity index (χ2v) is 5.23. The van der Waals surface area contributed by atoms with Gasteiger partial charge in [0.15, 0.2) is 0 Å². The van der Waals surface area contributed by atoms with E-state index in [-0.39, 0.29) is 6.04 Å². The van der Waals surface area contributed by atoms with Crippen LogP contribution in [0.2, 0.25) is 0 Å². The van der Waals surface area contributed by atoms with Gasteiger partial charge in [-0.05, 0) is 51.9 Å². The second kappa shape index (κ2) is 6.14. The van der Waals surface area contributed by atoms with E-state index in [4.69, 9.17) is 9.15 Å². The molecule has 3 heteroatoms. The molecular formula is C17H23NO2. The summed E-state index contributed by atoms with van der Waals surface area (Å²) in [6, 6.07) is 8.63. The third-order valence-corrected chi connectivity index (χ3v) is 3.66. The number of likely N-dealkylation sites (N-methyl/N-ethyl adjacent to an activating group) is 1. The summed E-state index contributed by atoms with van der Waals surface area (Å²) in [5.74, 6) is 2.87. The van der Waals surface area contributed by atoms with Crippen molar-refractivity contribution in [1.82, 2.24) is 5.32 Å². The Balaban J connectivity index is 2.31. The van der Waals surface area contributed by atoms with Crippen molar-refractivity contribution in [2.24, 2.45) is 0 Å². The summed E-state index contributed by atoms with van der Waals surface area (Å²) in [5.41, 5.74) is 3.68. The Kier molecular flexibility index (Phi) is 4.50. The highest BCUT2D eigenvalue weighted by Crippen LogP contribution is 2.28. The van der Waals surface area contributed by atoms with Gasteiger partial charge in [0, 0.05) is 11.6 Å². The first kappa shape index (κ1) is 14.7. The standard InChI is InChI=1S/C17H23NO2/c1-11-6-7-17(19-5)14(8-11)10-16(18-4)15-9-12(2)20-13(15)3/h6-9,16,18H,10H2,1-5H3. The van der Waals surface area contributed by atoms with Crippen LogP contribution in [-0.2, 0) is 6.42 Å². The highest BCUT2D eigenvalue weighted by atomic mass is 16.5. The average Bonchev–Trinajstić information content (AvgIpc) is 2.75. The first-order chi connectivity index (χ1) is 9.55. The van der Waals surface area contributed by atoms with Crippen LogP contribution in [0.25, 0.3) is 0 Å². The van der Waals surface area contributed by atoms with Crippen LogP contribution in [0.3, 0.4) is 0 Å². The third kappa shape index (κ3) is 3.05. The molecule has 0 aliphatic carbocycles. The average molecular weight is 273 g/mol. The van der Waals surface area contributed by atoms with Crippen molar-refractivity contribution in [1.29, 1.82) is 0 Å². The van der Waals surface area contributed by atoms with Crippen LogP contribution >= 0.6 is 0 Å². The van der Waals surface area contributed by atoms with E-state index < -0.39 is 0 Å². The van der Waals surface area contributed by atoms with Crippen LogP contribution in [-0.4, -0.2) is 14.2 Å². The molecule has 1 aromatic carbocycles. The van der Waals surface area contributed by atoms with Crippen LogP contribution in [0.4, 0.5) is 0 Å². The van der Waals surface area contributed by atoms with Crippen LogP contribution < -0.4 is 10.1 Å². The quantitative estimate of drug-likeness (QED) is 0.901. The zero-order valence-corrected chi connectivity index (χ0v) is 12.9. The molecule has 1 heterocycles. The molecule has 0 bridgehead atoms. The number of hydrogen-bond donors (Lipinski definition) is 1. The molecule has 108 valence electrons. The van der Waals surface area contributed by atoms with Gasteiger partial charge in [-0.3, -0.25) is 0 Å². The minimum atomic E-state index is 0.225. The van der Waals surface area contributed by atoms with E-state index in [2.05, 4.69) is 30.4 Å². The Bertz CT molecular complexity index is 587. The fourth-order valence-corrected chi connectivity index (χ4v) is 2.65. The van der Waals surface area contributed by atoms with Crippen molar-refractivity contribution in [2.75, 3.05) is 14.2 Å². The number of ether oxygens (including phenoxy) is 1. The van der Waals surface area contributed by atoms with Gasteiger partial charge in [-0.1, -0.05) is 17.7 Å². The lowest BCUT2D eigenvalue weighted by Crippen LogP contribution is -2.19. The third-order valence-electron chi connectivity index (χ3n) is 3.66. The molecule has 0 spiro atoms.